The third-order valence-electron chi connectivity index (χ3n) is 6.10. The van der Waals surface area contributed by atoms with E-state index in [-0.39, 0.29) is 0 Å². The van der Waals surface area contributed by atoms with Crippen LogP contribution in [0.15, 0.2) is 0 Å². The van der Waals surface area contributed by atoms with E-state index in [2.05, 4.69) is 31.0 Å². The lowest BCUT2D eigenvalue weighted by molar-refractivity contribution is -0.0346. The molecular formula is C18H34N2. The number of nitrogens with one attached hydrogen (secondary N) is 1. The fourth-order valence-electron chi connectivity index (χ4n) is 5.62. The van der Waals surface area contributed by atoms with Crippen LogP contribution < -0.4 is 5.32 Å². The molecule has 2 saturated heterocycles. The average Bonchev–Trinajstić information content (AvgIpc) is 2.36. The molecule has 0 aromatic heterocycles. The average molecular weight is 278 g/mol. The van der Waals surface area contributed by atoms with Crippen LogP contribution in [0.5, 0.6) is 0 Å². The maximum absolute atomic E-state index is 3.73. The number of fused-ring (bicyclic) bond motifs is 2. The van der Waals surface area contributed by atoms with Crippen LogP contribution in [-0.4, -0.2) is 35.6 Å². The minimum atomic E-state index is 0.796. The number of nitrogens with zero attached hydrogens (tertiary/aromatic N) is 1. The molecule has 1 saturated carbocycles. The van der Waals surface area contributed by atoms with Gasteiger partial charge in [-0.05, 0) is 63.3 Å². The Labute approximate surface area is 125 Å². The van der Waals surface area contributed by atoms with Crippen molar-refractivity contribution in [3.8, 4) is 0 Å². The lowest BCUT2D eigenvalue weighted by atomic mass is 9.74. The van der Waals surface area contributed by atoms with Crippen molar-refractivity contribution in [3.63, 3.8) is 0 Å². The minimum absolute atomic E-state index is 0.796. The molecule has 20 heavy (non-hydrogen) atoms. The second-order valence-electron chi connectivity index (χ2n) is 7.98. The quantitative estimate of drug-likeness (QED) is 0.844. The minimum Gasteiger partial charge on any atom is -0.314 e. The third kappa shape index (κ3) is 3.06. The van der Waals surface area contributed by atoms with Gasteiger partial charge in [0.05, 0.1) is 0 Å². The van der Waals surface area contributed by atoms with Gasteiger partial charge in [-0.3, -0.25) is 4.90 Å². The summed E-state index contributed by atoms with van der Waals surface area (Å²) in [6.07, 6.45) is 11.6. The molecule has 2 aliphatic heterocycles. The zero-order chi connectivity index (χ0) is 14.1. The summed E-state index contributed by atoms with van der Waals surface area (Å²) in [6.45, 7) is 8.35. The van der Waals surface area contributed by atoms with E-state index < -0.39 is 0 Å². The molecule has 0 spiro atoms. The van der Waals surface area contributed by atoms with Gasteiger partial charge in [0.25, 0.3) is 0 Å². The Hall–Kier alpha value is -0.0800. The summed E-state index contributed by atoms with van der Waals surface area (Å²) < 4.78 is 0. The van der Waals surface area contributed by atoms with Crippen LogP contribution in [0.3, 0.4) is 0 Å². The van der Waals surface area contributed by atoms with E-state index in [9.17, 15) is 0 Å². The molecule has 4 unspecified atom stereocenters. The van der Waals surface area contributed by atoms with Crippen molar-refractivity contribution in [3.05, 3.63) is 0 Å². The van der Waals surface area contributed by atoms with Crippen LogP contribution in [0.1, 0.15) is 72.1 Å². The smallest absolute Gasteiger partial charge is 0.0116 e. The van der Waals surface area contributed by atoms with E-state index in [4.69, 9.17) is 0 Å². The summed E-state index contributed by atoms with van der Waals surface area (Å²) in [4.78, 5) is 3.00. The topological polar surface area (TPSA) is 15.3 Å². The summed E-state index contributed by atoms with van der Waals surface area (Å²) in [6, 6.07) is 3.46. The zero-order valence-electron chi connectivity index (χ0n) is 13.8. The molecule has 1 aliphatic carbocycles. The van der Waals surface area contributed by atoms with Crippen LogP contribution in [0.4, 0.5) is 0 Å². The number of rotatable bonds is 3. The molecule has 0 aromatic carbocycles. The number of hydrogen-bond acceptors (Lipinski definition) is 2. The molecule has 3 aliphatic rings. The number of piperidine rings is 2. The van der Waals surface area contributed by atoms with Crippen molar-refractivity contribution in [1.82, 2.24) is 10.2 Å². The molecule has 1 N–H and O–H groups in total. The zero-order valence-corrected chi connectivity index (χ0v) is 13.8. The van der Waals surface area contributed by atoms with Crippen molar-refractivity contribution in [2.24, 2.45) is 11.8 Å². The molecule has 2 bridgehead atoms. The summed E-state index contributed by atoms with van der Waals surface area (Å²) >= 11 is 0. The van der Waals surface area contributed by atoms with Gasteiger partial charge in [-0.2, -0.15) is 0 Å². The lowest BCUT2D eigenvalue weighted by Gasteiger charge is -2.54. The third-order valence-corrected chi connectivity index (χ3v) is 6.10. The van der Waals surface area contributed by atoms with Crippen molar-refractivity contribution in [2.45, 2.75) is 96.3 Å². The molecule has 2 heteroatoms. The van der Waals surface area contributed by atoms with E-state index in [0.29, 0.717) is 0 Å². The first kappa shape index (κ1) is 14.8. The highest BCUT2D eigenvalue weighted by atomic mass is 15.2. The van der Waals surface area contributed by atoms with Crippen LogP contribution in [-0.2, 0) is 0 Å². The fourth-order valence-corrected chi connectivity index (χ4v) is 5.62. The SMILES string of the molecule is CCNC1CC2CCCC(C1)N2C1CC(C)CC(C)C1. The van der Waals surface area contributed by atoms with Crippen LogP contribution in [0.2, 0.25) is 0 Å². The van der Waals surface area contributed by atoms with Gasteiger partial charge in [0.2, 0.25) is 0 Å². The van der Waals surface area contributed by atoms with Gasteiger partial charge in [-0.15, -0.1) is 0 Å². The Morgan fingerprint density at radius 1 is 0.850 bits per heavy atom. The molecule has 0 amide bonds. The lowest BCUT2D eigenvalue weighted by Crippen LogP contribution is -2.60. The van der Waals surface area contributed by atoms with E-state index in [1.807, 2.05) is 0 Å². The first-order chi connectivity index (χ1) is 9.67. The van der Waals surface area contributed by atoms with Gasteiger partial charge in [-0.1, -0.05) is 27.2 Å². The van der Waals surface area contributed by atoms with Gasteiger partial charge in [-0.25, -0.2) is 0 Å². The van der Waals surface area contributed by atoms with Crippen molar-refractivity contribution in [1.29, 1.82) is 0 Å². The molecule has 0 radical (unpaired) electrons. The first-order valence-electron chi connectivity index (χ1n) is 9.18. The predicted octanol–water partition coefficient (Wildman–Crippen LogP) is 3.81. The first-order valence-corrected chi connectivity index (χ1v) is 9.18. The molecule has 4 atom stereocenters. The highest BCUT2D eigenvalue weighted by Crippen LogP contribution is 2.41. The highest BCUT2D eigenvalue weighted by molar-refractivity contribution is 4.99. The predicted molar refractivity (Wildman–Crippen MR) is 85.9 cm³/mol. The monoisotopic (exact) mass is 278 g/mol. The molecule has 3 rings (SSSR count). The van der Waals surface area contributed by atoms with Gasteiger partial charge in [0.15, 0.2) is 0 Å². The van der Waals surface area contributed by atoms with Crippen LogP contribution in [0, 0.1) is 11.8 Å². The van der Waals surface area contributed by atoms with Gasteiger partial charge >= 0.3 is 0 Å². The highest BCUT2D eigenvalue weighted by Gasteiger charge is 2.42. The molecule has 116 valence electrons. The van der Waals surface area contributed by atoms with Gasteiger partial charge in [0.1, 0.15) is 0 Å². The maximum Gasteiger partial charge on any atom is 0.0116 e. The fraction of sp³-hybridized carbons (Fsp3) is 1.00. The summed E-state index contributed by atoms with van der Waals surface area (Å²) in [5, 5.41) is 3.73. The second-order valence-corrected chi connectivity index (χ2v) is 7.98. The van der Waals surface area contributed by atoms with E-state index in [0.717, 1.165) is 42.5 Å². The molecule has 2 heterocycles. The molecule has 0 aromatic rings. The Morgan fingerprint density at radius 2 is 1.45 bits per heavy atom. The standard InChI is InChI=1S/C18H34N2/c1-4-19-15-11-16-6-5-7-17(12-15)20(16)18-9-13(2)8-14(3)10-18/h13-19H,4-12H2,1-3H3. The Kier molecular flexibility index (Phi) is 4.72. The maximum atomic E-state index is 3.73. The summed E-state index contributed by atoms with van der Waals surface area (Å²) in [5.74, 6) is 1.88. The van der Waals surface area contributed by atoms with Crippen LogP contribution >= 0.6 is 0 Å². The Bertz CT molecular complexity index is 293. The summed E-state index contributed by atoms with van der Waals surface area (Å²) in [7, 11) is 0. The van der Waals surface area contributed by atoms with Gasteiger partial charge < -0.3 is 5.32 Å². The molecule has 3 fully saturated rings. The van der Waals surface area contributed by atoms with Crippen molar-refractivity contribution >= 4 is 0 Å². The van der Waals surface area contributed by atoms with E-state index >= 15 is 0 Å². The molecular weight excluding hydrogens is 244 g/mol. The van der Waals surface area contributed by atoms with Gasteiger partial charge in [0, 0.05) is 24.2 Å². The Balaban J connectivity index is 1.69. The van der Waals surface area contributed by atoms with Crippen LogP contribution in [0.25, 0.3) is 0 Å². The summed E-state index contributed by atoms with van der Waals surface area (Å²) in [5.41, 5.74) is 0. The normalized spacial score (nSPS) is 46.4. The second kappa shape index (κ2) is 6.36. The van der Waals surface area contributed by atoms with E-state index in [1.165, 1.54) is 51.4 Å². The Morgan fingerprint density at radius 3 is 2.00 bits per heavy atom. The largest absolute Gasteiger partial charge is 0.314 e. The molecule has 2 nitrogen and oxygen atoms in total. The van der Waals surface area contributed by atoms with E-state index in [1.54, 1.807) is 0 Å². The van der Waals surface area contributed by atoms with Crippen molar-refractivity contribution < 1.29 is 0 Å². The number of hydrogen-bond donors (Lipinski definition) is 1. The van der Waals surface area contributed by atoms with Crippen molar-refractivity contribution in [2.75, 3.05) is 6.54 Å².